The number of phenolic OH excluding ortho intramolecular Hbond substituents is 1. The molecule has 0 aliphatic heterocycles. The van der Waals surface area contributed by atoms with Crippen LogP contribution in [0.4, 0.5) is 5.69 Å². The first kappa shape index (κ1) is 13.5. The van der Waals surface area contributed by atoms with E-state index in [1.807, 2.05) is 60.7 Å². The van der Waals surface area contributed by atoms with Crippen molar-refractivity contribution in [2.24, 2.45) is 4.99 Å². The van der Waals surface area contributed by atoms with Gasteiger partial charge in [-0.15, -0.1) is 0 Å². The molecule has 4 rings (SSSR count). The zero-order valence-corrected chi connectivity index (χ0v) is 12.3. The van der Waals surface area contributed by atoms with Crippen LogP contribution in [-0.4, -0.2) is 16.3 Å². The lowest BCUT2D eigenvalue weighted by molar-refractivity contribution is 0.475. The number of aromatic nitrogens is 1. The number of benzene rings is 3. The fraction of sp³-hybridized carbons (Fsp3) is 0. The lowest BCUT2D eigenvalue weighted by atomic mass is 10.1. The van der Waals surface area contributed by atoms with Crippen LogP contribution in [0.1, 0.15) is 5.56 Å². The number of para-hydroxylation sites is 1. The van der Waals surface area contributed by atoms with Crippen LogP contribution in [-0.2, 0) is 0 Å². The van der Waals surface area contributed by atoms with Crippen molar-refractivity contribution < 1.29 is 5.11 Å². The van der Waals surface area contributed by atoms with Gasteiger partial charge in [-0.3, -0.25) is 9.98 Å². The van der Waals surface area contributed by atoms with Gasteiger partial charge in [0.15, 0.2) is 0 Å². The Bertz CT molecular complexity index is 1030. The molecule has 3 heteroatoms. The highest BCUT2D eigenvalue weighted by Crippen LogP contribution is 2.26. The molecule has 0 unspecified atom stereocenters. The van der Waals surface area contributed by atoms with Gasteiger partial charge in [0.2, 0.25) is 0 Å². The molecule has 110 valence electrons. The van der Waals surface area contributed by atoms with Crippen LogP contribution in [0.2, 0.25) is 0 Å². The second-order valence-electron chi connectivity index (χ2n) is 5.37. The lowest BCUT2D eigenvalue weighted by Gasteiger charge is -2.03. The third-order valence-electron chi connectivity index (χ3n) is 3.85. The molecule has 1 heterocycles. The van der Waals surface area contributed by atoms with Gasteiger partial charge in [-0.2, -0.15) is 0 Å². The zero-order valence-electron chi connectivity index (χ0n) is 12.3. The first-order chi connectivity index (χ1) is 11.3. The Kier molecular flexibility index (Phi) is 3.24. The fourth-order valence-corrected chi connectivity index (χ4v) is 2.68. The van der Waals surface area contributed by atoms with Crippen LogP contribution in [0.3, 0.4) is 0 Å². The molecule has 1 aromatic heterocycles. The van der Waals surface area contributed by atoms with Crippen molar-refractivity contribution in [3.8, 4) is 5.75 Å². The molecule has 3 nitrogen and oxygen atoms in total. The van der Waals surface area contributed by atoms with Crippen molar-refractivity contribution in [3.05, 3.63) is 78.5 Å². The molecule has 23 heavy (non-hydrogen) atoms. The SMILES string of the molecule is Oc1cc2ccccc2cc1C=Nc1cccc2cccnc12. The average Bonchev–Trinajstić information content (AvgIpc) is 2.60. The molecule has 0 bridgehead atoms. The second kappa shape index (κ2) is 5.54. The van der Waals surface area contributed by atoms with E-state index in [-0.39, 0.29) is 5.75 Å². The van der Waals surface area contributed by atoms with Crippen LogP contribution < -0.4 is 0 Å². The third-order valence-corrected chi connectivity index (χ3v) is 3.85. The van der Waals surface area contributed by atoms with Crippen molar-refractivity contribution in [1.82, 2.24) is 4.98 Å². The van der Waals surface area contributed by atoms with Gasteiger partial charge in [0.25, 0.3) is 0 Å². The summed E-state index contributed by atoms with van der Waals surface area (Å²) in [5, 5.41) is 13.3. The number of nitrogens with zero attached hydrogens (tertiary/aromatic N) is 2. The van der Waals surface area contributed by atoms with E-state index in [1.54, 1.807) is 18.5 Å². The molecule has 0 saturated heterocycles. The lowest BCUT2D eigenvalue weighted by Crippen LogP contribution is -1.84. The molecule has 0 radical (unpaired) electrons. The Hall–Kier alpha value is -3.20. The summed E-state index contributed by atoms with van der Waals surface area (Å²) in [5.41, 5.74) is 2.33. The Balaban J connectivity index is 1.80. The average molecular weight is 298 g/mol. The summed E-state index contributed by atoms with van der Waals surface area (Å²) in [6.45, 7) is 0. The molecule has 0 saturated carbocycles. The molecule has 0 spiro atoms. The summed E-state index contributed by atoms with van der Waals surface area (Å²) in [7, 11) is 0. The number of aromatic hydroxyl groups is 1. The zero-order chi connectivity index (χ0) is 15.6. The minimum absolute atomic E-state index is 0.223. The fourth-order valence-electron chi connectivity index (χ4n) is 2.68. The van der Waals surface area contributed by atoms with Crippen LogP contribution in [0.5, 0.6) is 5.75 Å². The topological polar surface area (TPSA) is 45.5 Å². The smallest absolute Gasteiger partial charge is 0.124 e. The van der Waals surface area contributed by atoms with Gasteiger partial charge in [-0.25, -0.2) is 0 Å². The monoisotopic (exact) mass is 298 g/mol. The molecule has 0 atom stereocenters. The highest BCUT2D eigenvalue weighted by atomic mass is 16.3. The van der Waals surface area contributed by atoms with E-state index in [4.69, 9.17) is 0 Å². The van der Waals surface area contributed by atoms with Gasteiger partial charge < -0.3 is 5.11 Å². The first-order valence-electron chi connectivity index (χ1n) is 7.41. The van der Waals surface area contributed by atoms with Crippen molar-refractivity contribution in [2.45, 2.75) is 0 Å². The summed E-state index contributed by atoms with van der Waals surface area (Å²) in [4.78, 5) is 8.91. The Morgan fingerprint density at radius 3 is 2.43 bits per heavy atom. The van der Waals surface area contributed by atoms with E-state index < -0.39 is 0 Å². The Morgan fingerprint density at radius 2 is 1.57 bits per heavy atom. The van der Waals surface area contributed by atoms with Crippen LogP contribution in [0.25, 0.3) is 21.7 Å². The number of pyridine rings is 1. The molecular formula is C20H14N2O. The maximum atomic E-state index is 10.2. The molecular weight excluding hydrogens is 284 g/mol. The van der Waals surface area contributed by atoms with E-state index in [2.05, 4.69) is 9.98 Å². The van der Waals surface area contributed by atoms with E-state index in [0.717, 1.165) is 27.4 Å². The Morgan fingerprint density at radius 1 is 0.826 bits per heavy atom. The normalized spacial score (nSPS) is 11.5. The van der Waals surface area contributed by atoms with E-state index in [1.165, 1.54) is 0 Å². The summed E-state index contributed by atoms with van der Waals surface area (Å²) >= 11 is 0. The maximum absolute atomic E-state index is 10.2. The second-order valence-corrected chi connectivity index (χ2v) is 5.37. The number of fused-ring (bicyclic) bond motifs is 2. The predicted octanol–water partition coefficient (Wildman–Crippen LogP) is 4.84. The minimum Gasteiger partial charge on any atom is -0.507 e. The van der Waals surface area contributed by atoms with Crippen molar-refractivity contribution in [3.63, 3.8) is 0 Å². The third kappa shape index (κ3) is 2.53. The van der Waals surface area contributed by atoms with Gasteiger partial charge in [0, 0.05) is 23.4 Å². The van der Waals surface area contributed by atoms with Crippen LogP contribution in [0, 0.1) is 0 Å². The number of hydrogen-bond acceptors (Lipinski definition) is 3. The largest absolute Gasteiger partial charge is 0.507 e. The number of phenols is 1. The number of rotatable bonds is 2. The van der Waals surface area contributed by atoms with Crippen molar-refractivity contribution in [1.29, 1.82) is 0 Å². The molecule has 0 aliphatic carbocycles. The van der Waals surface area contributed by atoms with Gasteiger partial charge in [-0.1, -0.05) is 42.5 Å². The molecule has 0 fully saturated rings. The molecule has 1 N–H and O–H groups in total. The molecule has 0 aliphatic rings. The molecule has 3 aromatic carbocycles. The molecule has 4 aromatic rings. The quantitative estimate of drug-likeness (QED) is 0.538. The number of hydrogen-bond donors (Lipinski definition) is 1. The van der Waals surface area contributed by atoms with Gasteiger partial charge in [0.1, 0.15) is 5.75 Å². The van der Waals surface area contributed by atoms with Gasteiger partial charge >= 0.3 is 0 Å². The number of aliphatic imine (C=N–C) groups is 1. The highest BCUT2D eigenvalue weighted by Gasteiger charge is 2.03. The van der Waals surface area contributed by atoms with E-state index >= 15 is 0 Å². The summed E-state index contributed by atoms with van der Waals surface area (Å²) < 4.78 is 0. The van der Waals surface area contributed by atoms with Crippen molar-refractivity contribution in [2.75, 3.05) is 0 Å². The van der Waals surface area contributed by atoms with Crippen molar-refractivity contribution >= 4 is 33.6 Å². The van der Waals surface area contributed by atoms with Gasteiger partial charge in [0.05, 0.1) is 11.2 Å². The van der Waals surface area contributed by atoms with Crippen LogP contribution in [0.15, 0.2) is 77.9 Å². The summed E-state index contributed by atoms with van der Waals surface area (Å²) in [6.07, 6.45) is 3.44. The Labute approximate surface area is 133 Å². The van der Waals surface area contributed by atoms with Gasteiger partial charge in [-0.05, 0) is 35.0 Å². The maximum Gasteiger partial charge on any atom is 0.124 e. The summed E-state index contributed by atoms with van der Waals surface area (Å²) in [6, 6.07) is 21.4. The first-order valence-corrected chi connectivity index (χ1v) is 7.41. The predicted molar refractivity (Wildman–Crippen MR) is 94.6 cm³/mol. The minimum atomic E-state index is 0.223. The standard InChI is InChI=1S/C20H14N2O/c23-19-12-16-6-2-1-5-15(16)11-17(19)13-22-18-9-3-7-14-8-4-10-21-20(14)18/h1-13,23H. The van der Waals surface area contributed by atoms with Crippen LogP contribution >= 0.6 is 0 Å². The molecule has 0 amide bonds. The van der Waals surface area contributed by atoms with E-state index in [9.17, 15) is 5.11 Å². The van der Waals surface area contributed by atoms with E-state index in [0.29, 0.717) is 5.56 Å². The summed E-state index contributed by atoms with van der Waals surface area (Å²) in [5.74, 6) is 0.223. The highest BCUT2D eigenvalue weighted by molar-refractivity contribution is 5.96.